The molecule has 4 rings (SSSR count). The lowest BCUT2D eigenvalue weighted by Gasteiger charge is -2.32. The van der Waals surface area contributed by atoms with Gasteiger partial charge in [-0.1, -0.05) is 18.2 Å². The number of benzene rings is 2. The zero-order chi connectivity index (χ0) is 22.5. The number of hydrogen-bond donors (Lipinski definition) is 1. The van der Waals surface area contributed by atoms with Gasteiger partial charge in [-0.05, 0) is 42.7 Å². The van der Waals surface area contributed by atoms with E-state index in [9.17, 15) is 9.59 Å². The minimum atomic E-state index is -0.199. The van der Waals surface area contributed by atoms with Gasteiger partial charge in [0.1, 0.15) is 6.54 Å². The normalized spacial score (nSPS) is 14.9. The summed E-state index contributed by atoms with van der Waals surface area (Å²) in [7, 11) is 3.27. The van der Waals surface area contributed by atoms with E-state index in [4.69, 9.17) is 9.47 Å². The van der Waals surface area contributed by atoms with E-state index < -0.39 is 0 Å². The maximum atomic E-state index is 12.6. The van der Waals surface area contributed by atoms with Gasteiger partial charge < -0.3 is 14.8 Å². The van der Waals surface area contributed by atoms with Gasteiger partial charge in [-0.3, -0.25) is 19.1 Å². The number of para-hydroxylation sites is 1. The molecule has 1 fully saturated rings. The molecule has 3 aromatic rings. The first-order chi connectivity index (χ1) is 15.6. The molecular formula is C24H28N4O4. The molecule has 1 N–H and O–H groups in total. The lowest BCUT2D eigenvalue weighted by Crippen LogP contribution is -2.45. The quantitative estimate of drug-likeness (QED) is 0.611. The van der Waals surface area contributed by atoms with E-state index in [0.717, 1.165) is 49.5 Å². The number of ether oxygens (including phenoxy) is 2. The van der Waals surface area contributed by atoms with Gasteiger partial charge in [0, 0.05) is 25.7 Å². The molecule has 32 heavy (non-hydrogen) atoms. The summed E-state index contributed by atoms with van der Waals surface area (Å²) in [6, 6.07) is 13.2. The van der Waals surface area contributed by atoms with E-state index in [0.29, 0.717) is 10.9 Å². The van der Waals surface area contributed by atoms with Crippen LogP contribution in [-0.4, -0.2) is 53.7 Å². The largest absolute Gasteiger partial charge is 0.493 e. The molecule has 168 valence electrons. The van der Waals surface area contributed by atoms with Crippen molar-refractivity contribution in [3.8, 4) is 11.5 Å². The number of aromatic nitrogens is 2. The van der Waals surface area contributed by atoms with Crippen LogP contribution in [0.4, 0.5) is 0 Å². The fourth-order valence-electron chi connectivity index (χ4n) is 4.12. The molecular weight excluding hydrogens is 408 g/mol. The van der Waals surface area contributed by atoms with E-state index in [-0.39, 0.29) is 24.1 Å². The Morgan fingerprint density at radius 1 is 1.09 bits per heavy atom. The highest BCUT2D eigenvalue weighted by Gasteiger charge is 2.21. The van der Waals surface area contributed by atoms with Crippen molar-refractivity contribution < 1.29 is 14.3 Å². The van der Waals surface area contributed by atoms with Crippen molar-refractivity contribution in [3.05, 3.63) is 64.7 Å². The zero-order valence-corrected chi connectivity index (χ0v) is 18.4. The molecule has 1 aromatic heterocycles. The van der Waals surface area contributed by atoms with Crippen LogP contribution in [0.5, 0.6) is 11.5 Å². The van der Waals surface area contributed by atoms with Crippen LogP contribution < -0.4 is 20.3 Å². The fourth-order valence-corrected chi connectivity index (χ4v) is 4.12. The van der Waals surface area contributed by atoms with Gasteiger partial charge in [-0.2, -0.15) is 0 Å². The van der Waals surface area contributed by atoms with Crippen LogP contribution in [0.15, 0.2) is 53.6 Å². The van der Waals surface area contributed by atoms with Gasteiger partial charge in [-0.25, -0.2) is 4.98 Å². The summed E-state index contributed by atoms with van der Waals surface area (Å²) < 4.78 is 12.1. The summed E-state index contributed by atoms with van der Waals surface area (Å²) in [6.07, 6.45) is 3.17. The molecule has 8 nitrogen and oxygen atoms in total. The van der Waals surface area contributed by atoms with Crippen molar-refractivity contribution >= 4 is 16.8 Å². The molecule has 0 atom stereocenters. The van der Waals surface area contributed by atoms with Crippen molar-refractivity contribution in [2.75, 3.05) is 27.3 Å². The molecule has 1 saturated heterocycles. The standard InChI is InChI=1S/C24H28N4O4/c1-31-21-8-7-17(13-22(21)32-2)14-27-11-9-18(10-12-27)26-23(29)15-28-16-25-20-6-4-3-5-19(20)24(28)30/h3-8,13,16,18H,9-12,14-15H2,1-2H3,(H,26,29). The van der Waals surface area contributed by atoms with E-state index in [1.165, 1.54) is 10.9 Å². The summed E-state index contributed by atoms with van der Waals surface area (Å²) in [5.41, 5.74) is 1.60. The third-order valence-electron chi connectivity index (χ3n) is 5.85. The van der Waals surface area contributed by atoms with Crippen LogP contribution in [0.3, 0.4) is 0 Å². The third-order valence-corrected chi connectivity index (χ3v) is 5.85. The lowest BCUT2D eigenvalue weighted by atomic mass is 10.0. The molecule has 1 aliphatic heterocycles. The summed E-state index contributed by atoms with van der Waals surface area (Å²) in [4.78, 5) is 31.7. The van der Waals surface area contributed by atoms with Crippen LogP contribution in [0, 0.1) is 0 Å². The molecule has 0 saturated carbocycles. The predicted molar refractivity (Wildman–Crippen MR) is 122 cm³/mol. The smallest absolute Gasteiger partial charge is 0.261 e. The first-order valence-electron chi connectivity index (χ1n) is 10.7. The number of rotatable bonds is 7. The van der Waals surface area contributed by atoms with E-state index in [1.807, 2.05) is 24.3 Å². The Morgan fingerprint density at radius 3 is 2.59 bits per heavy atom. The van der Waals surface area contributed by atoms with Crippen molar-refractivity contribution in [1.82, 2.24) is 19.8 Å². The van der Waals surface area contributed by atoms with Gasteiger partial charge in [-0.15, -0.1) is 0 Å². The monoisotopic (exact) mass is 436 g/mol. The summed E-state index contributed by atoms with van der Waals surface area (Å²) in [6.45, 7) is 2.56. The third kappa shape index (κ3) is 4.91. The Bertz CT molecular complexity index is 1150. The highest BCUT2D eigenvalue weighted by molar-refractivity contribution is 5.79. The summed E-state index contributed by atoms with van der Waals surface area (Å²) in [5.74, 6) is 1.28. The number of hydrogen-bond acceptors (Lipinski definition) is 6. The summed E-state index contributed by atoms with van der Waals surface area (Å²) >= 11 is 0. The number of nitrogens with zero attached hydrogens (tertiary/aromatic N) is 3. The molecule has 2 heterocycles. The number of fused-ring (bicyclic) bond motifs is 1. The van der Waals surface area contributed by atoms with Crippen molar-refractivity contribution in [2.24, 2.45) is 0 Å². The maximum absolute atomic E-state index is 12.6. The van der Waals surface area contributed by atoms with Crippen LogP contribution >= 0.6 is 0 Å². The molecule has 1 aliphatic rings. The molecule has 0 aliphatic carbocycles. The Hall–Kier alpha value is -3.39. The highest BCUT2D eigenvalue weighted by atomic mass is 16.5. The fraction of sp³-hybridized carbons (Fsp3) is 0.375. The second-order valence-electron chi connectivity index (χ2n) is 8.00. The molecule has 0 radical (unpaired) electrons. The second-order valence-corrected chi connectivity index (χ2v) is 8.00. The molecule has 2 aromatic carbocycles. The van der Waals surface area contributed by atoms with Crippen molar-refractivity contribution in [2.45, 2.75) is 32.0 Å². The first kappa shape index (κ1) is 21.8. The van der Waals surface area contributed by atoms with Crippen molar-refractivity contribution in [3.63, 3.8) is 0 Å². The molecule has 0 unspecified atom stereocenters. The summed E-state index contributed by atoms with van der Waals surface area (Å²) in [5, 5.41) is 3.59. The topological polar surface area (TPSA) is 85.7 Å². The van der Waals surface area contributed by atoms with Crippen LogP contribution in [-0.2, 0) is 17.9 Å². The Labute approximate surface area is 186 Å². The number of amides is 1. The number of carbonyl (C=O) groups excluding carboxylic acids is 1. The number of likely N-dealkylation sites (tertiary alicyclic amines) is 1. The SMILES string of the molecule is COc1ccc(CN2CCC(NC(=O)Cn3cnc4ccccc4c3=O)CC2)cc1OC. The van der Waals surface area contributed by atoms with Crippen LogP contribution in [0.1, 0.15) is 18.4 Å². The number of methoxy groups -OCH3 is 2. The minimum Gasteiger partial charge on any atom is -0.493 e. The van der Waals surface area contributed by atoms with E-state index in [2.05, 4.69) is 15.2 Å². The number of piperidine rings is 1. The zero-order valence-electron chi connectivity index (χ0n) is 18.4. The Balaban J connectivity index is 1.29. The van der Waals surface area contributed by atoms with Gasteiger partial charge in [0.25, 0.3) is 5.56 Å². The van der Waals surface area contributed by atoms with Crippen molar-refractivity contribution in [1.29, 1.82) is 0 Å². The average Bonchev–Trinajstić information content (AvgIpc) is 2.82. The lowest BCUT2D eigenvalue weighted by molar-refractivity contribution is -0.122. The van der Waals surface area contributed by atoms with Gasteiger partial charge in [0.05, 0.1) is 31.4 Å². The average molecular weight is 437 g/mol. The van der Waals surface area contributed by atoms with E-state index >= 15 is 0 Å². The second kappa shape index (κ2) is 9.82. The Morgan fingerprint density at radius 2 is 1.84 bits per heavy atom. The first-order valence-corrected chi connectivity index (χ1v) is 10.7. The number of carbonyl (C=O) groups is 1. The molecule has 0 bridgehead atoms. The predicted octanol–water partition coefficient (Wildman–Crippen LogP) is 2.19. The van der Waals surface area contributed by atoms with Gasteiger partial charge in [0.15, 0.2) is 11.5 Å². The number of nitrogens with one attached hydrogen (secondary N) is 1. The maximum Gasteiger partial charge on any atom is 0.261 e. The highest BCUT2D eigenvalue weighted by Crippen LogP contribution is 2.28. The molecule has 1 amide bonds. The van der Waals surface area contributed by atoms with Crippen LogP contribution in [0.25, 0.3) is 10.9 Å². The minimum absolute atomic E-state index is 0.0253. The van der Waals surface area contributed by atoms with Gasteiger partial charge in [0.2, 0.25) is 5.91 Å². The molecule has 0 spiro atoms. The van der Waals surface area contributed by atoms with Crippen LogP contribution in [0.2, 0.25) is 0 Å². The Kier molecular flexibility index (Phi) is 6.70. The van der Waals surface area contributed by atoms with Gasteiger partial charge >= 0.3 is 0 Å². The molecule has 8 heteroatoms. The van der Waals surface area contributed by atoms with E-state index in [1.54, 1.807) is 32.4 Å².